The van der Waals surface area contributed by atoms with Crippen molar-refractivity contribution >= 4 is 16.7 Å². The first-order valence-corrected chi connectivity index (χ1v) is 9.39. The summed E-state index contributed by atoms with van der Waals surface area (Å²) >= 11 is 0. The minimum absolute atomic E-state index is 0.152. The van der Waals surface area contributed by atoms with Gasteiger partial charge in [0, 0.05) is 24.5 Å². The number of piperidine rings is 2. The van der Waals surface area contributed by atoms with Gasteiger partial charge in [-0.25, -0.2) is 4.98 Å². The van der Waals surface area contributed by atoms with E-state index in [0.717, 1.165) is 48.3 Å². The zero-order chi connectivity index (χ0) is 16.4. The van der Waals surface area contributed by atoms with Crippen LogP contribution in [0.15, 0.2) is 30.3 Å². The van der Waals surface area contributed by atoms with Crippen LogP contribution in [0.3, 0.4) is 0 Å². The van der Waals surface area contributed by atoms with Crippen molar-refractivity contribution in [2.24, 2.45) is 0 Å². The van der Waals surface area contributed by atoms with Crippen LogP contribution in [0.4, 0.5) is 5.82 Å². The van der Waals surface area contributed by atoms with Gasteiger partial charge >= 0.3 is 0 Å². The van der Waals surface area contributed by atoms with E-state index in [1.54, 1.807) is 0 Å². The summed E-state index contributed by atoms with van der Waals surface area (Å²) in [5.74, 6) is 1.03. The van der Waals surface area contributed by atoms with Crippen LogP contribution in [-0.2, 0) is 0 Å². The second kappa shape index (κ2) is 7.08. The van der Waals surface area contributed by atoms with E-state index in [0.29, 0.717) is 0 Å². The summed E-state index contributed by atoms with van der Waals surface area (Å²) < 4.78 is 0. The monoisotopic (exact) mass is 325 g/mol. The van der Waals surface area contributed by atoms with Crippen molar-refractivity contribution in [3.63, 3.8) is 0 Å². The number of fused-ring (bicyclic) bond motifs is 1. The third kappa shape index (κ3) is 3.13. The number of hydrogen-bond acceptors (Lipinski definition) is 4. The molecule has 2 N–H and O–H groups in total. The topological polar surface area (TPSA) is 48.4 Å². The van der Waals surface area contributed by atoms with E-state index < -0.39 is 6.10 Å². The highest BCUT2D eigenvalue weighted by atomic mass is 16.3. The van der Waals surface area contributed by atoms with E-state index in [1.807, 2.05) is 12.1 Å². The van der Waals surface area contributed by atoms with Gasteiger partial charge in [-0.2, -0.15) is 0 Å². The lowest BCUT2D eigenvalue weighted by atomic mass is 9.92. The summed E-state index contributed by atoms with van der Waals surface area (Å²) in [5, 5.41) is 15.6. The molecule has 2 aliphatic heterocycles. The van der Waals surface area contributed by atoms with Gasteiger partial charge < -0.3 is 15.3 Å². The fourth-order valence-corrected chi connectivity index (χ4v) is 4.08. The number of anilines is 1. The zero-order valence-electron chi connectivity index (χ0n) is 14.2. The molecule has 0 aliphatic carbocycles. The number of pyridine rings is 1. The molecule has 2 aromatic rings. The predicted octanol–water partition coefficient (Wildman–Crippen LogP) is 3.40. The summed E-state index contributed by atoms with van der Waals surface area (Å²) in [6.07, 6.45) is 6.74. The van der Waals surface area contributed by atoms with Crippen LogP contribution < -0.4 is 10.2 Å². The van der Waals surface area contributed by atoms with Crippen molar-refractivity contribution < 1.29 is 5.11 Å². The molecule has 128 valence electrons. The quantitative estimate of drug-likeness (QED) is 0.908. The minimum Gasteiger partial charge on any atom is -0.387 e. The Balaban J connectivity index is 1.73. The number of benzene rings is 1. The van der Waals surface area contributed by atoms with Gasteiger partial charge in [0.05, 0.1) is 11.6 Å². The largest absolute Gasteiger partial charge is 0.387 e. The Morgan fingerprint density at radius 3 is 2.71 bits per heavy atom. The van der Waals surface area contributed by atoms with Gasteiger partial charge in [0.15, 0.2) is 0 Å². The Hall–Kier alpha value is -1.65. The lowest BCUT2D eigenvalue weighted by Crippen LogP contribution is -2.39. The Morgan fingerprint density at radius 2 is 1.92 bits per heavy atom. The van der Waals surface area contributed by atoms with Gasteiger partial charge in [0.25, 0.3) is 0 Å². The molecule has 0 spiro atoms. The molecule has 4 nitrogen and oxygen atoms in total. The molecule has 1 aromatic heterocycles. The van der Waals surface area contributed by atoms with Crippen LogP contribution in [0.2, 0.25) is 0 Å². The highest BCUT2D eigenvalue weighted by Crippen LogP contribution is 2.32. The highest BCUT2D eigenvalue weighted by Gasteiger charge is 2.25. The van der Waals surface area contributed by atoms with Crippen molar-refractivity contribution in [1.29, 1.82) is 0 Å². The molecular weight excluding hydrogens is 298 g/mol. The summed E-state index contributed by atoms with van der Waals surface area (Å²) in [5.41, 5.74) is 2.02. The van der Waals surface area contributed by atoms with Crippen LogP contribution in [0.5, 0.6) is 0 Å². The van der Waals surface area contributed by atoms with Crippen LogP contribution in [-0.4, -0.2) is 35.8 Å². The molecule has 0 radical (unpaired) electrons. The van der Waals surface area contributed by atoms with E-state index in [-0.39, 0.29) is 6.04 Å². The number of hydrogen-bond donors (Lipinski definition) is 2. The first-order valence-electron chi connectivity index (χ1n) is 9.39. The zero-order valence-corrected chi connectivity index (χ0v) is 14.2. The number of rotatable bonds is 3. The molecule has 2 fully saturated rings. The Kier molecular flexibility index (Phi) is 4.67. The molecule has 0 amide bonds. The number of aromatic nitrogens is 1. The first kappa shape index (κ1) is 15.9. The summed E-state index contributed by atoms with van der Waals surface area (Å²) in [7, 11) is 0. The summed E-state index contributed by atoms with van der Waals surface area (Å²) in [4.78, 5) is 7.26. The molecule has 0 saturated carbocycles. The molecule has 0 unspecified atom stereocenters. The molecule has 1 aromatic carbocycles. The molecular formula is C20H27N3O. The van der Waals surface area contributed by atoms with E-state index >= 15 is 0 Å². The third-order valence-electron chi connectivity index (χ3n) is 5.46. The fourth-order valence-electron chi connectivity index (χ4n) is 4.08. The van der Waals surface area contributed by atoms with E-state index in [1.165, 1.54) is 32.1 Å². The van der Waals surface area contributed by atoms with E-state index in [4.69, 9.17) is 4.98 Å². The Labute approximate surface area is 143 Å². The van der Waals surface area contributed by atoms with Crippen molar-refractivity contribution in [3.8, 4) is 0 Å². The third-order valence-corrected chi connectivity index (χ3v) is 5.46. The van der Waals surface area contributed by atoms with Gasteiger partial charge in [-0.05, 0) is 56.3 Å². The van der Waals surface area contributed by atoms with Gasteiger partial charge in [0.2, 0.25) is 0 Å². The second-order valence-electron chi connectivity index (χ2n) is 7.14. The van der Waals surface area contributed by atoms with Gasteiger partial charge in [-0.3, -0.25) is 0 Å². The summed E-state index contributed by atoms with van der Waals surface area (Å²) in [6, 6.07) is 10.5. The highest BCUT2D eigenvalue weighted by molar-refractivity contribution is 5.84. The average Bonchev–Trinajstić information content (AvgIpc) is 2.68. The van der Waals surface area contributed by atoms with Crippen molar-refractivity contribution in [1.82, 2.24) is 10.3 Å². The van der Waals surface area contributed by atoms with Gasteiger partial charge in [-0.15, -0.1) is 0 Å². The maximum Gasteiger partial charge on any atom is 0.129 e. The van der Waals surface area contributed by atoms with Crippen molar-refractivity contribution in [2.75, 3.05) is 24.5 Å². The van der Waals surface area contributed by atoms with Crippen molar-refractivity contribution in [3.05, 3.63) is 35.9 Å². The van der Waals surface area contributed by atoms with Crippen LogP contribution in [0, 0.1) is 0 Å². The molecule has 0 bridgehead atoms. The lowest BCUT2D eigenvalue weighted by molar-refractivity contribution is 0.115. The first-order chi connectivity index (χ1) is 11.8. The molecule has 2 atom stereocenters. The molecule has 4 rings (SSSR count). The fraction of sp³-hybridized carbons (Fsp3) is 0.550. The maximum absolute atomic E-state index is 11.1. The second-order valence-corrected chi connectivity index (χ2v) is 7.14. The number of aliphatic hydroxyl groups excluding tert-OH is 1. The van der Waals surface area contributed by atoms with Crippen molar-refractivity contribution in [2.45, 2.75) is 50.7 Å². The number of nitrogens with one attached hydrogen (secondary N) is 1. The average molecular weight is 325 g/mol. The van der Waals surface area contributed by atoms with E-state index in [2.05, 4.69) is 28.4 Å². The predicted molar refractivity (Wildman–Crippen MR) is 98.4 cm³/mol. The molecule has 3 heterocycles. The smallest absolute Gasteiger partial charge is 0.129 e. The van der Waals surface area contributed by atoms with Crippen LogP contribution in [0.1, 0.15) is 50.2 Å². The van der Waals surface area contributed by atoms with Gasteiger partial charge in [0.1, 0.15) is 5.82 Å². The molecule has 2 aliphatic rings. The van der Waals surface area contributed by atoms with Crippen LogP contribution in [0.25, 0.3) is 10.9 Å². The molecule has 2 saturated heterocycles. The lowest BCUT2D eigenvalue weighted by Gasteiger charge is -2.31. The molecule has 24 heavy (non-hydrogen) atoms. The Morgan fingerprint density at radius 1 is 1.08 bits per heavy atom. The maximum atomic E-state index is 11.1. The van der Waals surface area contributed by atoms with Gasteiger partial charge in [-0.1, -0.05) is 24.6 Å². The molecule has 4 heteroatoms. The van der Waals surface area contributed by atoms with Crippen LogP contribution >= 0.6 is 0 Å². The Bertz CT molecular complexity index is 690. The minimum atomic E-state index is -0.471. The summed E-state index contributed by atoms with van der Waals surface area (Å²) in [6.45, 7) is 3.15. The van der Waals surface area contributed by atoms with E-state index in [9.17, 15) is 5.11 Å². The number of aliphatic hydroxyl groups is 1. The number of para-hydroxylation sites is 1. The standard InChI is InChI=1S/C20H27N3O/c24-20(18-10-4-5-11-21-18)16-14-19(23-12-6-1-7-13-23)22-17-9-3-2-8-15(16)17/h2-3,8-9,14,18,20-21,24H,1,4-7,10-13H2/t18-,20-/m1/s1. The number of nitrogens with zero attached hydrogens (tertiary/aromatic N) is 2. The SMILES string of the molecule is O[C@H](c1cc(N2CCCCC2)nc2ccccc12)[C@H]1CCCCN1. The normalized spacial score (nSPS) is 23.4.